The number of amides is 1. The number of nitrogens with one attached hydrogen (secondary N) is 1. The molecule has 1 aliphatic carbocycles. The van der Waals surface area contributed by atoms with Crippen molar-refractivity contribution in [3.63, 3.8) is 0 Å². The van der Waals surface area contributed by atoms with Crippen LogP contribution in [0.5, 0.6) is 5.75 Å². The van der Waals surface area contributed by atoms with Gasteiger partial charge < -0.3 is 10.1 Å². The summed E-state index contributed by atoms with van der Waals surface area (Å²) in [7, 11) is 0. The molecule has 0 radical (unpaired) electrons. The fraction of sp³-hybridized carbons (Fsp3) is 0.562. The maximum absolute atomic E-state index is 13.1. The van der Waals surface area contributed by atoms with Gasteiger partial charge in [-0.05, 0) is 43.5 Å². The molecule has 1 aromatic rings. The van der Waals surface area contributed by atoms with Gasteiger partial charge in [-0.15, -0.1) is 0 Å². The van der Waals surface area contributed by atoms with Gasteiger partial charge in [0.05, 0.1) is 0 Å². The van der Waals surface area contributed by atoms with E-state index in [0.29, 0.717) is 11.3 Å². The van der Waals surface area contributed by atoms with Gasteiger partial charge in [-0.1, -0.05) is 25.7 Å². The zero-order valence-corrected chi connectivity index (χ0v) is 12.0. The van der Waals surface area contributed by atoms with Crippen molar-refractivity contribution in [1.82, 2.24) is 5.32 Å². The van der Waals surface area contributed by atoms with Gasteiger partial charge in [0.1, 0.15) is 11.6 Å². The molecule has 2 rings (SSSR count). The van der Waals surface area contributed by atoms with Crippen molar-refractivity contribution in [3.8, 4) is 5.75 Å². The highest BCUT2D eigenvalue weighted by molar-refractivity contribution is 5.77. The van der Waals surface area contributed by atoms with Gasteiger partial charge in [-0.2, -0.15) is 0 Å². The average molecular weight is 279 g/mol. The summed E-state index contributed by atoms with van der Waals surface area (Å²) in [6.45, 7) is 1.66. The van der Waals surface area contributed by atoms with Gasteiger partial charge in [0.2, 0.25) is 0 Å². The molecular weight excluding hydrogens is 257 g/mol. The lowest BCUT2D eigenvalue weighted by molar-refractivity contribution is -0.123. The Labute approximate surface area is 119 Å². The highest BCUT2D eigenvalue weighted by Crippen LogP contribution is 2.18. The van der Waals surface area contributed by atoms with Gasteiger partial charge in [0.25, 0.3) is 5.91 Å². The minimum Gasteiger partial charge on any atom is -0.484 e. The van der Waals surface area contributed by atoms with E-state index in [-0.39, 0.29) is 24.4 Å². The van der Waals surface area contributed by atoms with Crippen molar-refractivity contribution in [2.24, 2.45) is 0 Å². The van der Waals surface area contributed by atoms with E-state index < -0.39 is 0 Å². The Balaban J connectivity index is 1.77. The Hall–Kier alpha value is -1.58. The second-order valence-electron chi connectivity index (χ2n) is 5.46. The predicted octanol–water partition coefficient (Wildman–Crippen LogP) is 3.35. The van der Waals surface area contributed by atoms with Crippen molar-refractivity contribution in [2.75, 3.05) is 6.61 Å². The standard InChI is InChI=1S/C16H22FNO2/c1-12-10-14(8-9-15(12)17)20-11-16(19)18-13-6-4-2-3-5-7-13/h8-10,13H,2-7,11H2,1H3,(H,18,19). The fourth-order valence-electron chi connectivity index (χ4n) is 2.55. The van der Waals surface area contributed by atoms with Gasteiger partial charge >= 0.3 is 0 Å². The molecule has 20 heavy (non-hydrogen) atoms. The normalized spacial score (nSPS) is 16.5. The lowest BCUT2D eigenvalue weighted by Crippen LogP contribution is -2.37. The van der Waals surface area contributed by atoms with Crippen LogP contribution < -0.4 is 10.1 Å². The van der Waals surface area contributed by atoms with Crippen molar-refractivity contribution in [2.45, 2.75) is 51.5 Å². The molecule has 4 heteroatoms. The van der Waals surface area contributed by atoms with E-state index in [2.05, 4.69) is 5.32 Å². The molecule has 0 aromatic heterocycles. The number of rotatable bonds is 4. The highest BCUT2D eigenvalue weighted by atomic mass is 19.1. The second kappa shape index (κ2) is 7.27. The topological polar surface area (TPSA) is 38.3 Å². The minimum absolute atomic E-state index is 0.0123. The average Bonchev–Trinajstić information content (AvgIpc) is 2.69. The number of ether oxygens (including phenoxy) is 1. The molecule has 0 saturated heterocycles. The Morgan fingerprint density at radius 3 is 2.65 bits per heavy atom. The Morgan fingerprint density at radius 1 is 1.30 bits per heavy atom. The molecule has 1 N–H and O–H groups in total. The molecule has 1 amide bonds. The van der Waals surface area contributed by atoms with E-state index in [0.717, 1.165) is 12.8 Å². The van der Waals surface area contributed by atoms with E-state index in [4.69, 9.17) is 4.74 Å². The van der Waals surface area contributed by atoms with E-state index in [1.165, 1.54) is 31.7 Å². The number of hydrogen-bond acceptors (Lipinski definition) is 2. The monoisotopic (exact) mass is 279 g/mol. The van der Waals surface area contributed by atoms with Crippen LogP contribution in [0.15, 0.2) is 18.2 Å². The molecule has 0 bridgehead atoms. The Morgan fingerprint density at radius 2 is 2.00 bits per heavy atom. The lowest BCUT2D eigenvalue weighted by Gasteiger charge is -2.16. The first kappa shape index (κ1) is 14.8. The third-order valence-corrected chi connectivity index (χ3v) is 3.72. The molecule has 0 aliphatic heterocycles. The summed E-state index contributed by atoms with van der Waals surface area (Å²) in [6.07, 6.45) is 7.00. The minimum atomic E-state index is -0.264. The van der Waals surface area contributed by atoms with Crippen LogP contribution in [0.25, 0.3) is 0 Å². The quantitative estimate of drug-likeness (QED) is 0.858. The predicted molar refractivity (Wildman–Crippen MR) is 76.3 cm³/mol. The zero-order chi connectivity index (χ0) is 14.4. The summed E-state index contributed by atoms with van der Waals surface area (Å²) in [5, 5.41) is 3.02. The lowest BCUT2D eigenvalue weighted by atomic mass is 10.1. The van der Waals surface area contributed by atoms with Crippen LogP contribution in [0.3, 0.4) is 0 Å². The summed E-state index contributed by atoms with van der Waals surface area (Å²) in [5.41, 5.74) is 0.520. The van der Waals surface area contributed by atoms with Crippen LogP contribution in [0.4, 0.5) is 4.39 Å². The van der Waals surface area contributed by atoms with Crippen LogP contribution >= 0.6 is 0 Å². The molecule has 1 fully saturated rings. The van der Waals surface area contributed by atoms with Gasteiger partial charge in [-0.25, -0.2) is 4.39 Å². The summed E-state index contributed by atoms with van der Waals surface area (Å²) < 4.78 is 18.5. The van der Waals surface area contributed by atoms with Crippen molar-refractivity contribution < 1.29 is 13.9 Å². The van der Waals surface area contributed by atoms with Crippen LogP contribution in [0, 0.1) is 12.7 Å². The molecule has 0 atom stereocenters. The summed E-state index contributed by atoms with van der Waals surface area (Å²) in [6, 6.07) is 4.78. The molecule has 3 nitrogen and oxygen atoms in total. The van der Waals surface area contributed by atoms with Gasteiger partial charge in [0.15, 0.2) is 6.61 Å². The molecular formula is C16H22FNO2. The molecule has 0 spiro atoms. The third-order valence-electron chi connectivity index (χ3n) is 3.72. The van der Waals surface area contributed by atoms with Crippen LogP contribution in [0.1, 0.15) is 44.1 Å². The SMILES string of the molecule is Cc1cc(OCC(=O)NC2CCCCCC2)ccc1F. The number of carbonyl (C=O) groups excluding carboxylic acids is 1. The Kier molecular flexibility index (Phi) is 5.39. The summed E-state index contributed by atoms with van der Waals surface area (Å²) in [5.74, 6) is 0.166. The number of aryl methyl sites for hydroxylation is 1. The number of carbonyl (C=O) groups is 1. The molecule has 0 heterocycles. The maximum atomic E-state index is 13.1. The smallest absolute Gasteiger partial charge is 0.258 e. The fourth-order valence-corrected chi connectivity index (χ4v) is 2.55. The summed E-state index contributed by atoms with van der Waals surface area (Å²) >= 11 is 0. The largest absolute Gasteiger partial charge is 0.484 e. The number of halogens is 1. The van der Waals surface area contributed by atoms with Crippen molar-refractivity contribution in [1.29, 1.82) is 0 Å². The molecule has 0 unspecified atom stereocenters. The van der Waals surface area contributed by atoms with E-state index in [1.54, 1.807) is 19.1 Å². The van der Waals surface area contributed by atoms with Gasteiger partial charge in [-0.3, -0.25) is 4.79 Å². The molecule has 1 aliphatic rings. The van der Waals surface area contributed by atoms with Crippen LogP contribution in [0.2, 0.25) is 0 Å². The maximum Gasteiger partial charge on any atom is 0.258 e. The van der Waals surface area contributed by atoms with Gasteiger partial charge in [0, 0.05) is 6.04 Å². The van der Waals surface area contributed by atoms with E-state index in [1.807, 2.05) is 0 Å². The number of benzene rings is 1. The second-order valence-corrected chi connectivity index (χ2v) is 5.46. The highest BCUT2D eigenvalue weighted by Gasteiger charge is 2.14. The van der Waals surface area contributed by atoms with E-state index >= 15 is 0 Å². The first-order chi connectivity index (χ1) is 9.65. The first-order valence-electron chi connectivity index (χ1n) is 7.33. The van der Waals surface area contributed by atoms with Crippen molar-refractivity contribution in [3.05, 3.63) is 29.6 Å². The molecule has 1 aromatic carbocycles. The van der Waals surface area contributed by atoms with Crippen LogP contribution in [-0.4, -0.2) is 18.6 Å². The first-order valence-corrected chi connectivity index (χ1v) is 7.33. The molecule has 110 valence electrons. The van der Waals surface area contributed by atoms with Crippen molar-refractivity contribution >= 4 is 5.91 Å². The van der Waals surface area contributed by atoms with Crippen LogP contribution in [-0.2, 0) is 4.79 Å². The summed E-state index contributed by atoms with van der Waals surface area (Å²) in [4.78, 5) is 11.8. The zero-order valence-electron chi connectivity index (χ0n) is 12.0. The van der Waals surface area contributed by atoms with E-state index in [9.17, 15) is 9.18 Å². The number of hydrogen-bond donors (Lipinski definition) is 1. The Bertz CT molecular complexity index is 454. The molecule has 1 saturated carbocycles. The third kappa shape index (κ3) is 4.51.